The number of nitriles is 2. The molecule has 0 aliphatic carbocycles. The molecule has 0 bridgehead atoms. The van der Waals surface area contributed by atoms with Gasteiger partial charge in [0.2, 0.25) is 0 Å². The first-order valence-corrected chi connectivity index (χ1v) is 1.86. The van der Waals surface area contributed by atoms with Crippen molar-refractivity contribution in [2.45, 2.75) is 0 Å². The maximum atomic E-state index is 7.61. The van der Waals surface area contributed by atoms with E-state index in [-0.39, 0.29) is 29.6 Å². The summed E-state index contributed by atoms with van der Waals surface area (Å²) in [4.78, 5) is 0. The van der Waals surface area contributed by atoms with Crippen LogP contribution in [0.4, 0.5) is 0 Å². The third kappa shape index (κ3) is 9.33. The van der Waals surface area contributed by atoms with E-state index < -0.39 is 0 Å². The molecule has 0 aromatic carbocycles. The molecule has 0 N–H and O–H groups in total. The van der Waals surface area contributed by atoms with Crippen LogP contribution in [0.5, 0.6) is 0 Å². The Morgan fingerprint density at radius 2 is 1.50 bits per heavy atom. The minimum absolute atomic E-state index is 0. The average molecular weight is 140 g/mol. The standard InChI is InChI=1S/C2N2O2S.Na.H/c3-1-5-7-6-2-4;;. The summed E-state index contributed by atoms with van der Waals surface area (Å²) in [5.41, 5.74) is 0. The Morgan fingerprint density at radius 3 is 1.75 bits per heavy atom. The molecular weight excluding hydrogens is 139 g/mol. The van der Waals surface area contributed by atoms with Gasteiger partial charge in [-0.3, -0.25) is 0 Å². The van der Waals surface area contributed by atoms with Crippen LogP contribution in [-0.2, 0) is 8.37 Å². The summed E-state index contributed by atoms with van der Waals surface area (Å²) in [7, 11) is 0. The molecule has 0 aromatic heterocycles. The second-order valence-corrected chi connectivity index (χ2v) is 0.887. The Bertz CT molecular complexity index is 102. The van der Waals surface area contributed by atoms with Gasteiger partial charge in [0, 0.05) is 0 Å². The van der Waals surface area contributed by atoms with E-state index in [9.17, 15) is 0 Å². The van der Waals surface area contributed by atoms with Crippen molar-refractivity contribution in [3.8, 4) is 12.5 Å². The molecule has 0 aliphatic heterocycles. The molecular formula is C2HN2NaO2S. The van der Waals surface area contributed by atoms with Crippen molar-refractivity contribution in [3.05, 3.63) is 0 Å². The SMILES string of the molecule is N#COSOC#N.[NaH]. The molecule has 0 saturated heterocycles. The van der Waals surface area contributed by atoms with Gasteiger partial charge in [0.05, 0.1) is 0 Å². The van der Waals surface area contributed by atoms with Crippen molar-refractivity contribution in [2.24, 2.45) is 0 Å². The molecule has 0 aliphatic rings. The zero-order valence-corrected chi connectivity index (χ0v) is 3.94. The average Bonchev–Trinajstić information content (AvgIpc) is 1.69. The number of rotatable bonds is 2. The first kappa shape index (κ1) is 10.8. The fourth-order valence-corrected chi connectivity index (χ4v) is 0.142. The Morgan fingerprint density at radius 1 is 1.12 bits per heavy atom. The van der Waals surface area contributed by atoms with Crippen molar-refractivity contribution < 1.29 is 8.37 Å². The number of hydrogen-bond acceptors (Lipinski definition) is 5. The first-order valence-electron chi connectivity index (χ1n) is 1.19. The van der Waals surface area contributed by atoms with E-state index in [1.54, 1.807) is 0 Å². The molecule has 0 heterocycles. The molecule has 0 fully saturated rings. The van der Waals surface area contributed by atoms with E-state index in [1.807, 2.05) is 0 Å². The normalized spacial score (nSPS) is 4.75. The van der Waals surface area contributed by atoms with Crippen LogP contribution in [-0.4, -0.2) is 29.6 Å². The summed E-state index contributed by atoms with van der Waals surface area (Å²) in [5.74, 6) is 0. The predicted octanol–water partition coefficient (Wildman–Crippen LogP) is -0.104. The van der Waals surface area contributed by atoms with E-state index in [1.165, 1.54) is 12.5 Å². The van der Waals surface area contributed by atoms with Crippen LogP contribution < -0.4 is 0 Å². The van der Waals surface area contributed by atoms with Gasteiger partial charge < -0.3 is 8.37 Å². The Hall–Kier alpha value is -0.0700. The molecule has 6 heteroatoms. The quantitative estimate of drug-likeness (QED) is 0.232. The van der Waals surface area contributed by atoms with Gasteiger partial charge in [-0.25, -0.2) is 0 Å². The van der Waals surface area contributed by atoms with E-state index in [2.05, 4.69) is 8.37 Å². The first-order chi connectivity index (χ1) is 3.41. The molecule has 0 unspecified atom stereocenters. The van der Waals surface area contributed by atoms with E-state index in [0.29, 0.717) is 12.3 Å². The minimum atomic E-state index is 0. The van der Waals surface area contributed by atoms with Crippen molar-refractivity contribution in [3.63, 3.8) is 0 Å². The van der Waals surface area contributed by atoms with Crippen molar-refractivity contribution >= 4 is 41.9 Å². The third-order valence-corrected chi connectivity index (χ3v) is 0.428. The van der Waals surface area contributed by atoms with Crippen LogP contribution in [0, 0.1) is 23.0 Å². The molecule has 4 nitrogen and oxygen atoms in total. The monoisotopic (exact) mass is 140 g/mol. The van der Waals surface area contributed by atoms with E-state index in [0.717, 1.165) is 0 Å². The molecule has 0 spiro atoms. The van der Waals surface area contributed by atoms with Crippen LogP contribution in [0.15, 0.2) is 0 Å². The van der Waals surface area contributed by atoms with Gasteiger partial charge >= 0.3 is 54.4 Å². The van der Waals surface area contributed by atoms with Crippen molar-refractivity contribution in [1.82, 2.24) is 0 Å². The molecule has 0 amide bonds. The number of hydrogen-bond donors (Lipinski definition) is 0. The summed E-state index contributed by atoms with van der Waals surface area (Å²) < 4.78 is 7.70. The van der Waals surface area contributed by atoms with Gasteiger partial charge in [0.1, 0.15) is 0 Å². The van der Waals surface area contributed by atoms with Gasteiger partial charge in [-0.05, 0) is 0 Å². The van der Waals surface area contributed by atoms with Crippen LogP contribution in [0.3, 0.4) is 0 Å². The third-order valence-electron chi connectivity index (χ3n) is 0.143. The Balaban J connectivity index is 0. The second kappa shape index (κ2) is 10.0. The molecule has 0 aromatic rings. The van der Waals surface area contributed by atoms with E-state index >= 15 is 0 Å². The summed E-state index contributed by atoms with van der Waals surface area (Å²) >= 11 is 0.331. The van der Waals surface area contributed by atoms with Crippen molar-refractivity contribution in [1.29, 1.82) is 10.5 Å². The fourth-order valence-electron chi connectivity index (χ4n) is 0.0474. The topological polar surface area (TPSA) is 66.0 Å². The van der Waals surface area contributed by atoms with E-state index in [4.69, 9.17) is 10.5 Å². The van der Waals surface area contributed by atoms with Crippen molar-refractivity contribution in [2.75, 3.05) is 0 Å². The second-order valence-electron chi connectivity index (χ2n) is 0.417. The van der Waals surface area contributed by atoms with Crippen LogP contribution in [0.25, 0.3) is 0 Å². The zero-order valence-electron chi connectivity index (χ0n) is 3.12. The van der Waals surface area contributed by atoms with Gasteiger partial charge in [-0.1, -0.05) is 0 Å². The van der Waals surface area contributed by atoms with Gasteiger partial charge in [0.15, 0.2) is 0 Å². The Kier molecular flexibility index (Phi) is 13.6. The summed E-state index contributed by atoms with van der Waals surface area (Å²) in [5, 5.41) is 15.2. The summed E-state index contributed by atoms with van der Waals surface area (Å²) in [6, 6.07) is 0. The summed E-state index contributed by atoms with van der Waals surface area (Å²) in [6.45, 7) is 0. The zero-order chi connectivity index (χ0) is 5.54. The summed E-state index contributed by atoms with van der Waals surface area (Å²) in [6.07, 6.45) is 2.58. The van der Waals surface area contributed by atoms with Crippen LogP contribution in [0.2, 0.25) is 0 Å². The molecule has 38 valence electrons. The predicted molar refractivity (Wildman–Crippen MR) is 28.1 cm³/mol. The van der Waals surface area contributed by atoms with Crippen LogP contribution >= 0.6 is 12.3 Å². The Labute approximate surface area is 73.1 Å². The van der Waals surface area contributed by atoms with Gasteiger partial charge in [0.25, 0.3) is 0 Å². The van der Waals surface area contributed by atoms with Gasteiger partial charge in [-0.15, -0.1) is 10.5 Å². The molecule has 0 atom stereocenters. The van der Waals surface area contributed by atoms with Gasteiger partial charge in [-0.2, -0.15) is 0 Å². The molecule has 0 saturated carbocycles. The molecule has 0 rings (SSSR count). The maximum absolute atomic E-state index is 7.61. The molecule has 0 radical (unpaired) electrons. The fraction of sp³-hybridized carbons (Fsp3) is 0. The molecule has 8 heavy (non-hydrogen) atoms. The van der Waals surface area contributed by atoms with Crippen LogP contribution in [0.1, 0.15) is 0 Å². The number of nitrogens with zero attached hydrogens (tertiary/aromatic N) is 2.